The van der Waals surface area contributed by atoms with Crippen molar-refractivity contribution in [1.82, 2.24) is 20.1 Å². The minimum atomic E-state index is 0.175. The fourth-order valence-electron chi connectivity index (χ4n) is 2.41. The Balaban J connectivity index is 1.90. The van der Waals surface area contributed by atoms with E-state index < -0.39 is 0 Å². The van der Waals surface area contributed by atoms with Crippen molar-refractivity contribution in [3.63, 3.8) is 0 Å². The normalized spacial score (nSPS) is 12.7. The molecule has 0 saturated carbocycles. The van der Waals surface area contributed by atoms with Crippen LogP contribution in [0.3, 0.4) is 0 Å². The second kappa shape index (κ2) is 5.43. The summed E-state index contributed by atoms with van der Waals surface area (Å²) >= 11 is 0. The minimum Gasteiger partial charge on any atom is -0.311 e. The molecule has 102 valence electrons. The summed E-state index contributed by atoms with van der Waals surface area (Å²) in [5.41, 5.74) is 3.16. The molecule has 2 heterocycles. The number of aromatic nitrogens is 3. The summed E-state index contributed by atoms with van der Waals surface area (Å²) in [7, 11) is 3.90. The van der Waals surface area contributed by atoms with Crippen molar-refractivity contribution in [2.45, 2.75) is 12.5 Å². The van der Waals surface area contributed by atoms with Gasteiger partial charge in [-0.2, -0.15) is 5.10 Å². The third kappa shape index (κ3) is 2.56. The van der Waals surface area contributed by atoms with E-state index in [9.17, 15) is 0 Å². The van der Waals surface area contributed by atoms with E-state index in [1.165, 1.54) is 5.39 Å². The molecule has 3 rings (SSSR count). The molecule has 1 N–H and O–H groups in total. The van der Waals surface area contributed by atoms with E-state index in [0.717, 1.165) is 23.3 Å². The summed E-state index contributed by atoms with van der Waals surface area (Å²) in [4.78, 5) is 4.75. The van der Waals surface area contributed by atoms with Crippen LogP contribution in [0.2, 0.25) is 0 Å². The van der Waals surface area contributed by atoms with Crippen LogP contribution in [-0.2, 0) is 13.5 Å². The summed E-state index contributed by atoms with van der Waals surface area (Å²) in [6, 6.07) is 14.6. The highest BCUT2D eigenvalue weighted by atomic mass is 15.2. The van der Waals surface area contributed by atoms with Gasteiger partial charge in [-0.05, 0) is 25.2 Å². The maximum absolute atomic E-state index is 4.75. The number of likely N-dealkylation sites (N-methyl/N-ethyl adjacent to an activating group) is 1. The van der Waals surface area contributed by atoms with Crippen LogP contribution in [0.4, 0.5) is 0 Å². The van der Waals surface area contributed by atoms with Crippen LogP contribution < -0.4 is 5.32 Å². The van der Waals surface area contributed by atoms with Gasteiger partial charge in [0.15, 0.2) is 0 Å². The summed E-state index contributed by atoms with van der Waals surface area (Å²) in [5.74, 6) is 0. The van der Waals surface area contributed by atoms with Gasteiger partial charge in [0, 0.05) is 25.1 Å². The molecule has 1 aromatic carbocycles. The molecule has 1 unspecified atom stereocenters. The first-order valence-electron chi connectivity index (χ1n) is 6.78. The van der Waals surface area contributed by atoms with Gasteiger partial charge in [-0.3, -0.25) is 9.67 Å². The Morgan fingerprint density at radius 1 is 1.15 bits per heavy atom. The van der Waals surface area contributed by atoms with Gasteiger partial charge in [-0.25, -0.2) is 0 Å². The van der Waals surface area contributed by atoms with Crippen molar-refractivity contribution in [2.75, 3.05) is 7.05 Å². The SMILES string of the molecule is CNC(Cc1ccn(C)n1)c1ccc2ccccc2n1. The first kappa shape index (κ1) is 12.8. The number of nitrogens with one attached hydrogen (secondary N) is 1. The molecule has 4 nitrogen and oxygen atoms in total. The largest absolute Gasteiger partial charge is 0.311 e. The van der Waals surface area contributed by atoms with Gasteiger partial charge in [0.2, 0.25) is 0 Å². The standard InChI is InChI=1S/C16H18N4/c1-17-16(11-13-9-10-20(2)19-13)15-8-7-12-5-3-4-6-14(12)18-15/h3-10,16-17H,11H2,1-2H3. The molecule has 0 aliphatic heterocycles. The molecular formula is C16H18N4. The highest BCUT2D eigenvalue weighted by Crippen LogP contribution is 2.19. The molecule has 0 fully saturated rings. The topological polar surface area (TPSA) is 42.7 Å². The predicted molar refractivity (Wildman–Crippen MR) is 80.5 cm³/mol. The van der Waals surface area contributed by atoms with Crippen LogP contribution in [0.1, 0.15) is 17.4 Å². The molecule has 4 heteroatoms. The van der Waals surface area contributed by atoms with Crippen LogP contribution >= 0.6 is 0 Å². The van der Waals surface area contributed by atoms with E-state index in [0.29, 0.717) is 0 Å². The third-order valence-corrected chi connectivity index (χ3v) is 3.51. The lowest BCUT2D eigenvalue weighted by molar-refractivity contribution is 0.565. The van der Waals surface area contributed by atoms with Crippen LogP contribution in [0.5, 0.6) is 0 Å². The molecule has 0 aliphatic rings. The Kier molecular flexibility index (Phi) is 3.48. The molecule has 3 aromatic rings. The van der Waals surface area contributed by atoms with Gasteiger partial charge >= 0.3 is 0 Å². The van der Waals surface area contributed by atoms with Crippen LogP contribution in [0.15, 0.2) is 48.7 Å². The second-order valence-corrected chi connectivity index (χ2v) is 4.95. The van der Waals surface area contributed by atoms with Gasteiger partial charge in [0.05, 0.1) is 22.9 Å². The van der Waals surface area contributed by atoms with E-state index >= 15 is 0 Å². The molecule has 0 aliphatic carbocycles. The number of benzene rings is 1. The lowest BCUT2D eigenvalue weighted by Crippen LogP contribution is -2.20. The Bertz CT molecular complexity index is 717. The first-order valence-corrected chi connectivity index (χ1v) is 6.78. The van der Waals surface area contributed by atoms with Crippen LogP contribution in [-0.4, -0.2) is 21.8 Å². The third-order valence-electron chi connectivity index (χ3n) is 3.51. The zero-order valence-electron chi connectivity index (χ0n) is 11.7. The quantitative estimate of drug-likeness (QED) is 0.789. The van der Waals surface area contributed by atoms with Crippen molar-refractivity contribution in [1.29, 1.82) is 0 Å². The molecule has 0 amide bonds. The summed E-state index contributed by atoms with van der Waals surface area (Å²) in [6.45, 7) is 0. The lowest BCUT2D eigenvalue weighted by Gasteiger charge is -2.15. The Hall–Kier alpha value is -2.20. The highest BCUT2D eigenvalue weighted by Gasteiger charge is 2.13. The Morgan fingerprint density at radius 2 is 2.00 bits per heavy atom. The van der Waals surface area contributed by atoms with Crippen molar-refractivity contribution in [2.24, 2.45) is 7.05 Å². The lowest BCUT2D eigenvalue weighted by atomic mass is 10.1. The molecule has 0 bridgehead atoms. The Labute approximate surface area is 118 Å². The molecule has 0 radical (unpaired) electrons. The van der Waals surface area contributed by atoms with Crippen molar-refractivity contribution in [3.8, 4) is 0 Å². The van der Waals surface area contributed by atoms with E-state index in [1.807, 2.05) is 49.2 Å². The minimum absolute atomic E-state index is 0.175. The highest BCUT2D eigenvalue weighted by molar-refractivity contribution is 5.78. The predicted octanol–water partition coefficient (Wildman–Crippen LogP) is 2.47. The van der Waals surface area contributed by atoms with Crippen molar-refractivity contribution >= 4 is 10.9 Å². The van der Waals surface area contributed by atoms with Gasteiger partial charge in [-0.15, -0.1) is 0 Å². The maximum atomic E-state index is 4.75. The van der Waals surface area contributed by atoms with E-state index in [-0.39, 0.29) is 6.04 Å². The number of pyridine rings is 1. The van der Waals surface area contributed by atoms with Gasteiger partial charge < -0.3 is 5.32 Å². The van der Waals surface area contributed by atoms with Crippen LogP contribution in [0.25, 0.3) is 10.9 Å². The molecule has 20 heavy (non-hydrogen) atoms. The number of nitrogens with zero attached hydrogens (tertiary/aromatic N) is 3. The van der Waals surface area contributed by atoms with E-state index in [1.54, 1.807) is 0 Å². The number of hydrogen-bond acceptors (Lipinski definition) is 3. The monoisotopic (exact) mass is 266 g/mol. The maximum Gasteiger partial charge on any atom is 0.0706 e. The number of fused-ring (bicyclic) bond motifs is 1. The first-order chi connectivity index (χ1) is 9.76. The molecule has 0 spiro atoms. The molecular weight excluding hydrogens is 248 g/mol. The molecule has 2 aromatic heterocycles. The van der Waals surface area contributed by atoms with Crippen molar-refractivity contribution < 1.29 is 0 Å². The zero-order valence-corrected chi connectivity index (χ0v) is 11.7. The zero-order chi connectivity index (χ0) is 13.9. The molecule has 0 saturated heterocycles. The van der Waals surface area contributed by atoms with Gasteiger partial charge in [-0.1, -0.05) is 24.3 Å². The molecule has 1 atom stereocenters. The second-order valence-electron chi connectivity index (χ2n) is 4.95. The fourth-order valence-corrected chi connectivity index (χ4v) is 2.41. The number of hydrogen-bond donors (Lipinski definition) is 1. The van der Waals surface area contributed by atoms with E-state index in [4.69, 9.17) is 4.98 Å². The summed E-state index contributed by atoms with van der Waals surface area (Å²) in [5, 5.41) is 8.93. The summed E-state index contributed by atoms with van der Waals surface area (Å²) in [6.07, 6.45) is 2.80. The fraction of sp³-hybridized carbons (Fsp3) is 0.250. The van der Waals surface area contributed by atoms with E-state index in [2.05, 4.69) is 28.6 Å². The Morgan fingerprint density at radius 3 is 2.75 bits per heavy atom. The number of para-hydroxylation sites is 1. The smallest absolute Gasteiger partial charge is 0.0706 e. The van der Waals surface area contributed by atoms with Gasteiger partial charge in [0.1, 0.15) is 0 Å². The number of aryl methyl sites for hydroxylation is 1. The average molecular weight is 266 g/mol. The summed E-state index contributed by atoms with van der Waals surface area (Å²) < 4.78 is 1.83. The van der Waals surface area contributed by atoms with Crippen molar-refractivity contribution in [3.05, 3.63) is 60.0 Å². The van der Waals surface area contributed by atoms with Crippen LogP contribution in [0, 0.1) is 0 Å². The van der Waals surface area contributed by atoms with Gasteiger partial charge in [0.25, 0.3) is 0 Å². The number of rotatable bonds is 4. The average Bonchev–Trinajstić information content (AvgIpc) is 2.89.